The predicted octanol–water partition coefficient (Wildman–Crippen LogP) is 3.11. The summed E-state index contributed by atoms with van der Waals surface area (Å²) in [5, 5.41) is 7.08. The molecular formula is C15H19N3O. The molecule has 0 aliphatic carbocycles. The van der Waals surface area contributed by atoms with E-state index in [9.17, 15) is 4.79 Å². The van der Waals surface area contributed by atoms with Gasteiger partial charge in [0.2, 0.25) is 0 Å². The predicted molar refractivity (Wildman–Crippen MR) is 76.3 cm³/mol. The van der Waals surface area contributed by atoms with E-state index in [-0.39, 0.29) is 5.91 Å². The number of carbonyl (C=O) groups excluding carboxylic acids is 1. The van der Waals surface area contributed by atoms with Gasteiger partial charge in [-0.15, -0.1) is 0 Å². The zero-order valence-electron chi connectivity index (χ0n) is 11.4. The first-order valence-corrected chi connectivity index (χ1v) is 6.66. The van der Waals surface area contributed by atoms with Gasteiger partial charge in [-0.2, -0.15) is 5.10 Å². The second-order valence-corrected chi connectivity index (χ2v) is 4.47. The highest BCUT2D eigenvalue weighted by Gasteiger charge is 2.09. The van der Waals surface area contributed by atoms with Crippen LogP contribution in [0.4, 0.5) is 5.69 Å². The second kappa shape index (κ2) is 6.18. The Balaban J connectivity index is 2.02. The monoisotopic (exact) mass is 257 g/mol. The van der Waals surface area contributed by atoms with E-state index in [1.807, 2.05) is 30.5 Å². The van der Waals surface area contributed by atoms with Gasteiger partial charge in [0.1, 0.15) is 0 Å². The number of hydrogen-bond donors (Lipinski definition) is 1. The molecule has 0 fully saturated rings. The molecule has 0 radical (unpaired) electrons. The van der Waals surface area contributed by atoms with Crippen molar-refractivity contribution >= 4 is 11.6 Å². The molecule has 0 bridgehead atoms. The fraction of sp³-hybridized carbons (Fsp3) is 0.333. The van der Waals surface area contributed by atoms with Crippen LogP contribution in [0.3, 0.4) is 0 Å². The molecule has 0 unspecified atom stereocenters. The van der Waals surface area contributed by atoms with Gasteiger partial charge in [0.15, 0.2) is 5.69 Å². The molecule has 1 heterocycles. The summed E-state index contributed by atoms with van der Waals surface area (Å²) in [4.78, 5) is 12.0. The van der Waals surface area contributed by atoms with Crippen molar-refractivity contribution in [2.24, 2.45) is 0 Å². The molecule has 0 aliphatic rings. The molecule has 0 saturated carbocycles. The lowest BCUT2D eigenvalue weighted by Gasteiger charge is -2.04. The maximum atomic E-state index is 12.0. The first-order valence-electron chi connectivity index (χ1n) is 6.66. The summed E-state index contributed by atoms with van der Waals surface area (Å²) in [5.74, 6) is -0.167. The third-order valence-electron chi connectivity index (χ3n) is 2.95. The molecule has 1 amide bonds. The number of aryl methyl sites for hydroxylation is 2. The third kappa shape index (κ3) is 3.44. The van der Waals surface area contributed by atoms with Gasteiger partial charge in [0, 0.05) is 18.4 Å². The molecule has 4 nitrogen and oxygen atoms in total. The summed E-state index contributed by atoms with van der Waals surface area (Å²) in [6.45, 7) is 5.02. The van der Waals surface area contributed by atoms with Gasteiger partial charge >= 0.3 is 0 Å². The molecule has 19 heavy (non-hydrogen) atoms. The Hall–Kier alpha value is -2.10. The van der Waals surface area contributed by atoms with Crippen LogP contribution >= 0.6 is 0 Å². The highest BCUT2D eigenvalue weighted by molar-refractivity contribution is 6.02. The van der Waals surface area contributed by atoms with Gasteiger partial charge < -0.3 is 5.32 Å². The van der Waals surface area contributed by atoms with Crippen LogP contribution in [-0.4, -0.2) is 15.7 Å². The van der Waals surface area contributed by atoms with Gasteiger partial charge in [-0.3, -0.25) is 9.48 Å². The van der Waals surface area contributed by atoms with Gasteiger partial charge in [0.05, 0.1) is 0 Å². The molecule has 0 saturated heterocycles. The Bertz CT molecular complexity index is 543. The molecule has 1 aromatic carbocycles. The molecule has 0 spiro atoms. The van der Waals surface area contributed by atoms with Crippen molar-refractivity contribution in [1.82, 2.24) is 9.78 Å². The Kier molecular flexibility index (Phi) is 4.34. The van der Waals surface area contributed by atoms with E-state index in [1.54, 1.807) is 10.7 Å². The second-order valence-electron chi connectivity index (χ2n) is 4.47. The van der Waals surface area contributed by atoms with Crippen molar-refractivity contribution < 1.29 is 4.79 Å². The summed E-state index contributed by atoms with van der Waals surface area (Å²) < 4.78 is 1.79. The van der Waals surface area contributed by atoms with Crippen LogP contribution in [0.15, 0.2) is 36.5 Å². The Morgan fingerprint density at radius 3 is 2.58 bits per heavy atom. The van der Waals surface area contributed by atoms with E-state index in [1.165, 1.54) is 5.56 Å². The summed E-state index contributed by atoms with van der Waals surface area (Å²) in [5.41, 5.74) is 2.51. The van der Waals surface area contributed by atoms with E-state index in [0.717, 1.165) is 25.1 Å². The first kappa shape index (κ1) is 13.3. The van der Waals surface area contributed by atoms with Crippen molar-refractivity contribution in [2.75, 3.05) is 5.32 Å². The van der Waals surface area contributed by atoms with Gasteiger partial charge in [-0.1, -0.05) is 26.0 Å². The van der Waals surface area contributed by atoms with Gasteiger partial charge in [0.25, 0.3) is 5.91 Å². The Morgan fingerprint density at radius 1 is 1.21 bits per heavy atom. The summed E-state index contributed by atoms with van der Waals surface area (Å²) in [6, 6.07) is 9.61. The van der Waals surface area contributed by atoms with Crippen LogP contribution in [0.5, 0.6) is 0 Å². The highest BCUT2D eigenvalue weighted by atomic mass is 16.1. The van der Waals surface area contributed by atoms with Gasteiger partial charge in [-0.25, -0.2) is 0 Å². The Morgan fingerprint density at radius 2 is 1.95 bits per heavy atom. The molecule has 2 aromatic rings. The SMILES string of the molecule is CCCn1ccc(C(=O)Nc2ccc(CC)cc2)n1. The number of nitrogens with zero attached hydrogens (tertiary/aromatic N) is 2. The lowest BCUT2D eigenvalue weighted by Crippen LogP contribution is -2.13. The third-order valence-corrected chi connectivity index (χ3v) is 2.95. The number of carbonyl (C=O) groups is 1. The summed E-state index contributed by atoms with van der Waals surface area (Å²) in [7, 11) is 0. The zero-order valence-corrected chi connectivity index (χ0v) is 11.4. The minimum atomic E-state index is -0.167. The number of benzene rings is 1. The van der Waals surface area contributed by atoms with Crippen LogP contribution in [0.25, 0.3) is 0 Å². The molecule has 1 N–H and O–H groups in total. The normalized spacial score (nSPS) is 10.4. The fourth-order valence-corrected chi connectivity index (χ4v) is 1.86. The topological polar surface area (TPSA) is 46.9 Å². The van der Waals surface area contributed by atoms with E-state index >= 15 is 0 Å². The average Bonchev–Trinajstić information content (AvgIpc) is 2.89. The highest BCUT2D eigenvalue weighted by Crippen LogP contribution is 2.11. The number of amides is 1. The first-order chi connectivity index (χ1) is 9.22. The minimum absolute atomic E-state index is 0.167. The van der Waals surface area contributed by atoms with Crippen LogP contribution < -0.4 is 5.32 Å². The lowest BCUT2D eigenvalue weighted by atomic mass is 10.1. The maximum absolute atomic E-state index is 12.0. The smallest absolute Gasteiger partial charge is 0.276 e. The summed E-state index contributed by atoms with van der Waals surface area (Å²) in [6.07, 6.45) is 3.83. The average molecular weight is 257 g/mol. The van der Waals surface area contributed by atoms with Crippen molar-refractivity contribution in [1.29, 1.82) is 0 Å². The van der Waals surface area contributed by atoms with E-state index in [4.69, 9.17) is 0 Å². The standard InChI is InChI=1S/C15H19N3O/c1-3-10-18-11-9-14(17-18)15(19)16-13-7-5-12(4-2)6-8-13/h5-9,11H,3-4,10H2,1-2H3,(H,16,19). The van der Waals surface area contributed by atoms with Crippen LogP contribution in [-0.2, 0) is 13.0 Å². The van der Waals surface area contributed by atoms with Crippen LogP contribution in [0, 0.1) is 0 Å². The molecule has 0 aliphatic heterocycles. The number of aromatic nitrogens is 2. The zero-order chi connectivity index (χ0) is 13.7. The minimum Gasteiger partial charge on any atom is -0.321 e. The van der Waals surface area contributed by atoms with Crippen LogP contribution in [0.1, 0.15) is 36.3 Å². The quantitative estimate of drug-likeness (QED) is 0.894. The largest absolute Gasteiger partial charge is 0.321 e. The van der Waals surface area contributed by atoms with E-state index in [2.05, 4.69) is 24.3 Å². The fourth-order valence-electron chi connectivity index (χ4n) is 1.86. The van der Waals surface area contributed by atoms with Crippen molar-refractivity contribution in [2.45, 2.75) is 33.2 Å². The molecular weight excluding hydrogens is 238 g/mol. The molecule has 100 valence electrons. The number of nitrogens with one attached hydrogen (secondary N) is 1. The van der Waals surface area contributed by atoms with Crippen molar-refractivity contribution in [3.8, 4) is 0 Å². The summed E-state index contributed by atoms with van der Waals surface area (Å²) >= 11 is 0. The Labute approximate surface area is 113 Å². The molecule has 0 atom stereocenters. The number of hydrogen-bond acceptors (Lipinski definition) is 2. The number of anilines is 1. The molecule has 4 heteroatoms. The maximum Gasteiger partial charge on any atom is 0.276 e. The van der Waals surface area contributed by atoms with E-state index < -0.39 is 0 Å². The molecule has 2 rings (SSSR count). The van der Waals surface area contributed by atoms with Gasteiger partial charge in [-0.05, 0) is 36.6 Å². The van der Waals surface area contributed by atoms with Crippen molar-refractivity contribution in [3.63, 3.8) is 0 Å². The number of rotatable bonds is 5. The molecule has 1 aromatic heterocycles. The van der Waals surface area contributed by atoms with Crippen molar-refractivity contribution in [3.05, 3.63) is 47.8 Å². The van der Waals surface area contributed by atoms with E-state index in [0.29, 0.717) is 5.69 Å². The lowest BCUT2D eigenvalue weighted by molar-refractivity contribution is 0.102. The van der Waals surface area contributed by atoms with Crippen LogP contribution in [0.2, 0.25) is 0 Å².